The molecule has 0 saturated carbocycles. The molecule has 0 aliphatic heterocycles. The Balaban J connectivity index is 1.82. The highest BCUT2D eigenvalue weighted by molar-refractivity contribution is 7.51. The lowest BCUT2D eigenvalue weighted by atomic mass is 10.1. The van der Waals surface area contributed by atoms with Crippen LogP contribution in [0.2, 0.25) is 0 Å². The van der Waals surface area contributed by atoms with E-state index < -0.39 is 7.60 Å². The fraction of sp³-hybridized carbons (Fsp3) is 0.217. The van der Waals surface area contributed by atoms with Gasteiger partial charge in [0, 0.05) is 17.1 Å². The second kappa shape index (κ2) is 10.6. The fourth-order valence-electron chi connectivity index (χ4n) is 3.10. The van der Waals surface area contributed by atoms with Crippen molar-refractivity contribution in [3.05, 3.63) is 83.9 Å². The summed E-state index contributed by atoms with van der Waals surface area (Å²) in [7, 11) is -4.01. The minimum absolute atomic E-state index is 0.0282. The van der Waals surface area contributed by atoms with E-state index in [4.69, 9.17) is 14.5 Å². The highest BCUT2D eigenvalue weighted by Gasteiger charge is 2.14. The van der Waals surface area contributed by atoms with Crippen molar-refractivity contribution < 1.29 is 29.3 Å². The Morgan fingerprint density at radius 1 is 0.710 bits per heavy atom. The topological polar surface area (TPSA) is 110 Å². The molecule has 0 atom stereocenters. The van der Waals surface area contributed by atoms with Gasteiger partial charge >= 0.3 is 7.60 Å². The van der Waals surface area contributed by atoms with Crippen molar-refractivity contribution in [1.29, 1.82) is 0 Å². The molecule has 0 saturated heterocycles. The third kappa shape index (κ3) is 6.66. The predicted molar refractivity (Wildman–Crippen MR) is 120 cm³/mol. The first-order chi connectivity index (χ1) is 14.9. The minimum atomic E-state index is -4.01. The Hall–Kier alpha value is -2.67. The van der Waals surface area contributed by atoms with Gasteiger partial charge in [0.2, 0.25) is 0 Å². The van der Waals surface area contributed by atoms with Gasteiger partial charge in [0.25, 0.3) is 0 Å². The molecular weight excluding hydrogens is 417 g/mol. The molecule has 0 heterocycles. The van der Waals surface area contributed by atoms with E-state index in [1.165, 1.54) is 0 Å². The normalized spacial score (nSPS) is 11.4. The summed E-state index contributed by atoms with van der Waals surface area (Å²) < 4.78 is 16.5. The molecule has 0 amide bonds. The Labute approximate surface area is 181 Å². The van der Waals surface area contributed by atoms with Gasteiger partial charge in [-0.3, -0.25) is 4.57 Å². The molecule has 8 heteroatoms. The van der Waals surface area contributed by atoms with E-state index in [2.05, 4.69) is 0 Å². The predicted octanol–water partition coefficient (Wildman–Crippen LogP) is 4.09. The molecule has 3 aromatic carbocycles. The van der Waals surface area contributed by atoms with Gasteiger partial charge in [-0.2, -0.15) is 0 Å². The van der Waals surface area contributed by atoms with E-state index >= 15 is 0 Å². The second-order valence-electron chi connectivity index (χ2n) is 7.07. The quantitative estimate of drug-likeness (QED) is 0.276. The summed E-state index contributed by atoms with van der Waals surface area (Å²) in [6, 6.07) is 22.6. The maximum absolute atomic E-state index is 10.9. The van der Waals surface area contributed by atoms with Crippen molar-refractivity contribution in [2.24, 2.45) is 0 Å². The molecule has 4 N–H and O–H groups in total. The highest BCUT2D eigenvalue weighted by Crippen LogP contribution is 2.36. The summed E-state index contributed by atoms with van der Waals surface area (Å²) in [5.41, 5.74) is 4.33. The van der Waals surface area contributed by atoms with Crippen molar-refractivity contribution in [1.82, 2.24) is 0 Å². The van der Waals surface area contributed by atoms with Crippen LogP contribution in [0.15, 0.2) is 72.8 Å². The Morgan fingerprint density at radius 3 is 1.52 bits per heavy atom. The Morgan fingerprint density at radius 2 is 1.13 bits per heavy atom. The summed E-state index contributed by atoms with van der Waals surface area (Å²) >= 11 is 0. The standard InChI is InChI=1S/C23H26NO6P/c25-16-18-2-6-20(7-3-18)24(21-8-4-19(17-26)5-9-21)22-10-12-23(13-11-22)30-14-1-15-31(27,28)29/h2-13,25-26H,1,14-17H2,(H2,27,28,29). The lowest BCUT2D eigenvalue weighted by Crippen LogP contribution is -2.10. The van der Waals surface area contributed by atoms with Crippen LogP contribution in [-0.2, 0) is 17.8 Å². The van der Waals surface area contributed by atoms with Gasteiger partial charge in [0.15, 0.2) is 0 Å². The molecule has 0 bridgehead atoms. The Kier molecular flexibility index (Phi) is 7.85. The summed E-state index contributed by atoms with van der Waals surface area (Å²) in [4.78, 5) is 19.9. The molecule has 0 aliphatic rings. The van der Waals surface area contributed by atoms with Crippen molar-refractivity contribution in [3.8, 4) is 5.75 Å². The molecular formula is C23H26NO6P. The van der Waals surface area contributed by atoms with Gasteiger partial charge in [-0.25, -0.2) is 0 Å². The van der Waals surface area contributed by atoms with E-state index in [1.54, 1.807) is 0 Å². The zero-order valence-corrected chi connectivity index (χ0v) is 17.9. The van der Waals surface area contributed by atoms with E-state index in [0.717, 1.165) is 28.2 Å². The third-order valence-electron chi connectivity index (χ3n) is 4.71. The molecule has 3 rings (SSSR count). The first-order valence-electron chi connectivity index (χ1n) is 9.87. The van der Waals surface area contributed by atoms with Crippen LogP contribution in [0.5, 0.6) is 5.75 Å². The molecule has 0 fully saturated rings. The summed E-state index contributed by atoms with van der Waals surface area (Å²) in [5, 5.41) is 18.7. The lowest BCUT2D eigenvalue weighted by molar-refractivity contribution is 0.281. The van der Waals surface area contributed by atoms with Crippen LogP contribution in [0.4, 0.5) is 17.1 Å². The van der Waals surface area contributed by atoms with Crippen molar-refractivity contribution in [3.63, 3.8) is 0 Å². The monoisotopic (exact) mass is 443 g/mol. The smallest absolute Gasteiger partial charge is 0.325 e. The minimum Gasteiger partial charge on any atom is -0.494 e. The van der Waals surface area contributed by atoms with Gasteiger partial charge in [-0.1, -0.05) is 24.3 Å². The van der Waals surface area contributed by atoms with Crippen LogP contribution >= 0.6 is 7.60 Å². The summed E-state index contributed by atoms with van der Waals surface area (Å²) in [6.45, 7) is 0.165. The number of benzene rings is 3. The number of aliphatic hydroxyl groups is 2. The largest absolute Gasteiger partial charge is 0.494 e. The van der Waals surface area contributed by atoms with Crippen LogP contribution in [0.1, 0.15) is 17.5 Å². The fourth-order valence-corrected chi connectivity index (χ4v) is 3.64. The van der Waals surface area contributed by atoms with E-state index in [9.17, 15) is 14.8 Å². The zero-order chi connectivity index (χ0) is 22.3. The molecule has 3 aromatic rings. The molecule has 0 spiro atoms. The Bertz CT molecular complexity index is 952. The number of ether oxygens (including phenoxy) is 1. The van der Waals surface area contributed by atoms with Crippen LogP contribution in [0.3, 0.4) is 0 Å². The van der Waals surface area contributed by atoms with Crippen LogP contribution in [-0.4, -0.2) is 32.8 Å². The first-order valence-corrected chi connectivity index (χ1v) is 11.7. The number of nitrogens with zero attached hydrogens (tertiary/aromatic N) is 1. The number of rotatable bonds is 10. The third-order valence-corrected chi connectivity index (χ3v) is 5.61. The molecule has 164 valence electrons. The lowest BCUT2D eigenvalue weighted by Gasteiger charge is -2.26. The molecule has 0 aromatic heterocycles. The number of hydrogen-bond donors (Lipinski definition) is 4. The van der Waals surface area contributed by atoms with Gasteiger partial charge in [0.05, 0.1) is 26.0 Å². The second-order valence-corrected chi connectivity index (χ2v) is 8.85. The summed E-state index contributed by atoms with van der Waals surface area (Å²) in [6.07, 6.45) is 0.0685. The molecule has 0 radical (unpaired) electrons. The highest BCUT2D eigenvalue weighted by atomic mass is 31.2. The van der Waals surface area contributed by atoms with Crippen LogP contribution in [0.25, 0.3) is 0 Å². The number of anilines is 3. The van der Waals surface area contributed by atoms with E-state index in [0.29, 0.717) is 5.75 Å². The van der Waals surface area contributed by atoms with Gasteiger partial charge in [0.1, 0.15) is 5.75 Å². The van der Waals surface area contributed by atoms with Crippen molar-refractivity contribution in [2.45, 2.75) is 19.6 Å². The molecule has 7 nitrogen and oxygen atoms in total. The van der Waals surface area contributed by atoms with E-state index in [1.807, 2.05) is 77.7 Å². The maximum Gasteiger partial charge on any atom is 0.325 e. The molecule has 31 heavy (non-hydrogen) atoms. The zero-order valence-electron chi connectivity index (χ0n) is 17.0. The summed E-state index contributed by atoms with van der Waals surface area (Å²) in [5.74, 6) is 0.612. The average Bonchev–Trinajstić information content (AvgIpc) is 2.78. The molecule has 0 unspecified atom stereocenters. The number of aliphatic hydroxyl groups excluding tert-OH is 2. The first kappa shape index (κ1) is 23.0. The van der Waals surface area contributed by atoms with Gasteiger partial charge in [-0.15, -0.1) is 0 Å². The molecule has 0 aliphatic carbocycles. The van der Waals surface area contributed by atoms with Crippen LogP contribution in [0, 0.1) is 0 Å². The van der Waals surface area contributed by atoms with Gasteiger partial charge in [-0.05, 0) is 66.1 Å². The maximum atomic E-state index is 10.9. The number of hydrogen-bond acceptors (Lipinski definition) is 5. The van der Waals surface area contributed by atoms with Crippen LogP contribution < -0.4 is 9.64 Å². The SMILES string of the molecule is O=P(O)(O)CCCOc1ccc(N(c2ccc(CO)cc2)c2ccc(CO)cc2)cc1. The van der Waals surface area contributed by atoms with E-state index in [-0.39, 0.29) is 32.4 Å². The van der Waals surface area contributed by atoms with Gasteiger partial charge < -0.3 is 29.6 Å². The van der Waals surface area contributed by atoms with Crippen molar-refractivity contribution >= 4 is 24.7 Å². The average molecular weight is 443 g/mol. The van der Waals surface area contributed by atoms with Crippen molar-refractivity contribution in [2.75, 3.05) is 17.7 Å².